The van der Waals surface area contributed by atoms with Crippen LogP contribution in [0.25, 0.3) is 0 Å². The fourth-order valence-electron chi connectivity index (χ4n) is 4.48. The molecule has 0 saturated heterocycles. The molecule has 2 aromatic rings. The van der Waals surface area contributed by atoms with E-state index in [0.717, 1.165) is 19.2 Å². The molecule has 0 fully saturated rings. The number of hydrogen-bond acceptors (Lipinski definition) is 3. The molecule has 0 bridgehead atoms. The Morgan fingerprint density at radius 3 is 2.33 bits per heavy atom. The Hall–Kier alpha value is -3.03. The van der Waals surface area contributed by atoms with Crippen molar-refractivity contribution in [3.8, 4) is 0 Å². The Bertz CT molecular complexity index is 1000. The molecule has 33 heavy (non-hydrogen) atoms. The maximum Gasteiger partial charge on any atom is 0.413 e. The van der Waals surface area contributed by atoms with Crippen LogP contribution in [0, 0.1) is 0 Å². The number of benzene rings is 2. The van der Waals surface area contributed by atoms with E-state index in [2.05, 4.69) is 36.6 Å². The molecule has 5 nitrogen and oxygen atoms in total. The lowest BCUT2D eigenvalue weighted by atomic mass is 9.83. The molecule has 3 rings (SSSR count). The Kier molecular flexibility index (Phi) is 7.05. The Labute approximate surface area is 192 Å². The highest BCUT2D eigenvalue weighted by Crippen LogP contribution is 2.41. The second-order valence-electron chi connectivity index (χ2n) is 9.08. The van der Waals surface area contributed by atoms with Gasteiger partial charge in [-0.1, -0.05) is 50.2 Å². The summed E-state index contributed by atoms with van der Waals surface area (Å²) >= 11 is 0. The summed E-state index contributed by atoms with van der Waals surface area (Å²) in [6.07, 6.45) is -4.01. The summed E-state index contributed by atoms with van der Waals surface area (Å²) in [7, 11) is 1.14. The second-order valence-corrected chi connectivity index (χ2v) is 9.08. The van der Waals surface area contributed by atoms with E-state index in [9.17, 15) is 22.8 Å². The van der Waals surface area contributed by atoms with E-state index < -0.39 is 18.1 Å². The van der Waals surface area contributed by atoms with Crippen LogP contribution in [-0.4, -0.2) is 42.5 Å². The zero-order valence-electron chi connectivity index (χ0n) is 19.3. The molecule has 8 heteroatoms. The van der Waals surface area contributed by atoms with Crippen LogP contribution >= 0.6 is 0 Å². The Balaban J connectivity index is 1.74. The van der Waals surface area contributed by atoms with E-state index in [1.54, 1.807) is 12.1 Å². The van der Waals surface area contributed by atoms with Crippen LogP contribution < -0.4 is 10.6 Å². The van der Waals surface area contributed by atoms with E-state index in [-0.39, 0.29) is 35.9 Å². The van der Waals surface area contributed by atoms with E-state index in [4.69, 9.17) is 0 Å². The first-order valence-corrected chi connectivity index (χ1v) is 10.9. The number of nitrogens with zero attached hydrogens (tertiary/aromatic N) is 1. The number of nitrogens with one attached hydrogen (secondary N) is 2. The van der Waals surface area contributed by atoms with Crippen LogP contribution in [0.5, 0.6) is 0 Å². The Morgan fingerprint density at radius 2 is 1.76 bits per heavy atom. The summed E-state index contributed by atoms with van der Waals surface area (Å²) in [4.78, 5) is 24.0. The largest absolute Gasteiger partial charge is 0.413 e. The van der Waals surface area contributed by atoms with Gasteiger partial charge in [0.1, 0.15) is 0 Å². The fraction of sp³-hybridized carbons (Fsp3) is 0.440. The van der Waals surface area contributed by atoms with Gasteiger partial charge in [0.05, 0.1) is 0 Å². The minimum Gasteiger partial charge on any atom is -0.381 e. The molecule has 0 spiro atoms. The highest BCUT2D eigenvalue weighted by atomic mass is 19.4. The van der Waals surface area contributed by atoms with Gasteiger partial charge in [-0.05, 0) is 35.2 Å². The average Bonchev–Trinajstić information content (AvgIpc) is 2.98. The van der Waals surface area contributed by atoms with Crippen molar-refractivity contribution in [2.75, 3.05) is 18.9 Å². The van der Waals surface area contributed by atoms with Gasteiger partial charge in [-0.3, -0.25) is 9.59 Å². The number of amides is 2. The molecule has 0 aliphatic heterocycles. The highest BCUT2D eigenvalue weighted by Gasteiger charge is 2.45. The van der Waals surface area contributed by atoms with E-state index in [1.807, 2.05) is 12.1 Å². The number of anilines is 1. The van der Waals surface area contributed by atoms with Crippen LogP contribution in [-0.2, 0) is 21.4 Å². The number of fused-ring (bicyclic) bond motifs is 1. The SMILES string of the molecule is CC(=O)NCCC(=O)N(C)C(c1ccc(NC2Cc3ccccc3C2(C)C)cc1)C(F)(F)F. The smallest absolute Gasteiger partial charge is 0.381 e. The van der Waals surface area contributed by atoms with Gasteiger partial charge in [-0.25, -0.2) is 0 Å². The molecule has 0 saturated carbocycles. The van der Waals surface area contributed by atoms with Gasteiger partial charge in [0.25, 0.3) is 0 Å². The summed E-state index contributed by atoms with van der Waals surface area (Å²) in [5.74, 6) is -1.03. The zero-order valence-corrected chi connectivity index (χ0v) is 19.3. The van der Waals surface area contributed by atoms with Crippen molar-refractivity contribution in [2.24, 2.45) is 0 Å². The third kappa shape index (κ3) is 5.49. The van der Waals surface area contributed by atoms with Gasteiger partial charge in [0.15, 0.2) is 6.04 Å². The second kappa shape index (κ2) is 9.45. The molecule has 0 aromatic heterocycles. The van der Waals surface area contributed by atoms with Crippen LogP contribution in [0.15, 0.2) is 48.5 Å². The van der Waals surface area contributed by atoms with Crippen molar-refractivity contribution < 1.29 is 22.8 Å². The van der Waals surface area contributed by atoms with Gasteiger partial charge in [0, 0.05) is 44.1 Å². The molecule has 2 atom stereocenters. The topological polar surface area (TPSA) is 61.4 Å². The summed E-state index contributed by atoms with van der Waals surface area (Å²) in [6.45, 7) is 5.59. The van der Waals surface area contributed by atoms with Crippen LogP contribution in [0.4, 0.5) is 18.9 Å². The van der Waals surface area contributed by atoms with E-state index in [1.165, 1.54) is 30.2 Å². The third-order valence-corrected chi connectivity index (χ3v) is 6.38. The van der Waals surface area contributed by atoms with Crippen molar-refractivity contribution in [3.05, 3.63) is 65.2 Å². The van der Waals surface area contributed by atoms with Crippen molar-refractivity contribution in [1.29, 1.82) is 0 Å². The van der Waals surface area contributed by atoms with Gasteiger partial charge in [-0.2, -0.15) is 13.2 Å². The van der Waals surface area contributed by atoms with E-state index in [0.29, 0.717) is 4.90 Å². The first-order valence-electron chi connectivity index (χ1n) is 10.9. The third-order valence-electron chi connectivity index (χ3n) is 6.38. The van der Waals surface area contributed by atoms with Crippen LogP contribution in [0.2, 0.25) is 0 Å². The maximum atomic E-state index is 13.9. The highest BCUT2D eigenvalue weighted by molar-refractivity contribution is 5.78. The van der Waals surface area contributed by atoms with Crippen LogP contribution in [0.3, 0.4) is 0 Å². The molecule has 2 amide bonds. The lowest BCUT2D eigenvalue weighted by Gasteiger charge is -2.31. The molecule has 178 valence electrons. The normalized spacial score (nSPS) is 17.7. The van der Waals surface area contributed by atoms with Gasteiger partial charge in [0.2, 0.25) is 11.8 Å². The number of alkyl halides is 3. The molecule has 1 aliphatic rings. The Morgan fingerprint density at radius 1 is 1.12 bits per heavy atom. The van der Waals surface area contributed by atoms with Gasteiger partial charge >= 0.3 is 6.18 Å². The molecular formula is C25H30F3N3O2. The number of halogens is 3. The number of hydrogen-bond donors (Lipinski definition) is 2. The average molecular weight is 462 g/mol. The molecule has 2 aromatic carbocycles. The predicted octanol–water partition coefficient (Wildman–Crippen LogP) is 4.59. The fourth-order valence-corrected chi connectivity index (χ4v) is 4.48. The summed E-state index contributed by atoms with van der Waals surface area (Å²) in [5.41, 5.74) is 3.14. The molecule has 1 aliphatic carbocycles. The molecule has 0 radical (unpaired) electrons. The zero-order chi connectivity index (χ0) is 24.4. The van der Waals surface area contributed by atoms with E-state index >= 15 is 0 Å². The molecular weight excluding hydrogens is 431 g/mol. The lowest BCUT2D eigenvalue weighted by molar-refractivity contribution is -0.188. The minimum atomic E-state index is -4.64. The van der Waals surface area contributed by atoms with Crippen LogP contribution in [0.1, 0.15) is 49.9 Å². The minimum absolute atomic E-state index is 0.00843. The molecule has 0 heterocycles. The van der Waals surface area contributed by atoms with Gasteiger partial charge < -0.3 is 15.5 Å². The first kappa shape index (κ1) is 24.6. The number of rotatable bonds is 7. The van der Waals surface area contributed by atoms with Gasteiger partial charge in [-0.15, -0.1) is 0 Å². The summed E-state index contributed by atoms with van der Waals surface area (Å²) in [6, 6.07) is 12.4. The first-order chi connectivity index (χ1) is 15.4. The summed E-state index contributed by atoms with van der Waals surface area (Å²) in [5, 5.41) is 5.90. The number of carbonyl (C=O) groups is 2. The maximum absolute atomic E-state index is 13.9. The summed E-state index contributed by atoms with van der Waals surface area (Å²) < 4.78 is 41.6. The van der Waals surface area contributed by atoms with Crippen molar-refractivity contribution >= 4 is 17.5 Å². The monoisotopic (exact) mass is 461 g/mol. The quantitative estimate of drug-likeness (QED) is 0.634. The predicted molar refractivity (Wildman–Crippen MR) is 122 cm³/mol. The molecule has 2 unspecified atom stereocenters. The number of carbonyl (C=O) groups excluding carboxylic acids is 2. The molecule has 2 N–H and O–H groups in total. The van der Waals surface area contributed by atoms with Crippen molar-refractivity contribution in [1.82, 2.24) is 10.2 Å². The van der Waals surface area contributed by atoms with Crippen molar-refractivity contribution in [3.63, 3.8) is 0 Å². The van der Waals surface area contributed by atoms with Crippen molar-refractivity contribution in [2.45, 2.75) is 57.3 Å². The standard InChI is InChI=1S/C25H30F3N3O2/c1-16(32)29-14-13-22(33)31(4)23(25(26,27)28)17-9-11-19(12-10-17)30-21-15-18-7-5-6-8-20(18)24(21,2)3/h5-12,21,23,30H,13-15H2,1-4H3,(H,29,32). The lowest BCUT2D eigenvalue weighted by Crippen LogP contribution is -2.41.